The lowest BCUT2D eigenvalue weighted by atomic mass is 10.3. The summed E-state index contributed by atoms with van der Waals surface area (Å²) in [5.74, 6) is 0. The minimum absolute atomic E-state index is 0.0649. The second kappa shape index (κ2) is 4.14. The molecule has 0 aliphatic heterocycles. The molecule has 1 unspecified atom stereocenters. The highest BCUT2D eigenvalue weighted by atomic mass is 16.2. The molecule has 0 saturated heterocycles. The third kappa shape index (κ3) is 3.78. The van der Waals surface area contributed by atoms with Gasteiger partial charge in [-0.1, -0.05) is 0 Å². The molecule has 53 valence electrons. The zero-order valence-electron chi connectivity index (χ0n) is 5.69. The van der Waals surface area contributed by atoms with Crippen LogP contribution in [0.15, 0.2) is 0 Å². The van der Waals surface area contributed by atoms with Crippen LogP contribution in [0.4, 0.5) is 4.79 Å². The number of carbonyl (C=O) groups is 1. The van der Waals surface area contributed by atoms with E-state index in [0.717, 1.165) is 0 Å². The van der Waals surface area contributed by atoms with Crippen LogP contribution in [-0.4, -0.2) is 25.7 Å². The number of urea groups is 1. The number of hydrogen-bond acceptors (Lipinski definition) is 1. The zero-order valence-corrected chi connectivity index (χ0v) is 5.69. The van der Waals surface area contributed by atoms with Gasteiger partial charge in [0.05, 0.1) is 0 Å². The Kier molecular flexibility index (Phi) is 3.79. The summed E-state index contributed by atoms with van der Waals surface area (Å²) >= 11 is 0. The summed E-state index contributed by atoms with van der Waals surface area (Å²) in [4.78, 5) is 10.5. The van der Waals surface area contributed by atoms with Gasteiger partial charge in [-0.2, -0.15) is 0 Å². The maximum atomic E-state index is 10.5. The highest BCUT2D eigenvalue weighted by Crippen LogP contribution is 1.74. The highest BCUT2D eigenvalue weighted by Gasteiger charge is 2.00. The first-order chi connectivity index (χ1) is 4.20. The second-order valence-electron chi connectivity index (χ2n) is 1.83. The van der Waals surface area contributed by atoms with Crippen LogP contribution in [0.25, 0.3) is 0 Å². The number of rotatable bonds is 2. The molecule has 0 bridgehead atoms. The minimum Gasteiger partial charge on any atom is -0.341 e. The summed E-state index contributed by atoms with van der Waals surface area (Å²) in [5, 5.41) is 4.94. The van der Waals surface area contributed by atoms with E-state index in [4.69, 9.17) is 5.73 Å². The molecule has 4 heteroatoms. The molecule has 0 aromatic rings. The molecule has 0 aliphatic rings. The van der Waals surface area contributed by atoms with Gasteiger partial charge in [0.25, 0.3) is 0 Å². The molecule has 0 spiro atoms. The number of hydrogen-bond donors (Lipinski definition) is 2. The van der Waals surface area contributed by atoms with Crippen LogP contribution >= 0.6 is 0 Å². The Morgan fingerprint density at radius 3 is 2.67 bits per heavy atom. The van der Waals surface area contributed by atoms with E-state index < -0.39 is 0 Å². The summed E-state index contributed by atoms with van der Waals surface area (Å²) in [5.41, 5.74) is 6.83. The van der Waals surface area contributed by atoms with Crippen LogP contribution in [-0.2, 0) is 0 Å². The molecule has 0 aliphatic carbocycles. The van der Waals surface area contributed by atoms with E-state index in [1.165, 1.54) is 0 Å². The van der Waals surface area contributed by atoms with Crippen molar-refractivity contribution in [3.05, 3.63) is 0 Å². The van der Waals surface area contributed by atoms with Crippen LogP contribution in [0.5, 0.6) is 0 Å². The Bertz CT molecular complexity index is 94.2. The van der Waals surface area contributed by atoms with E-state index in [-0.39, 0.29) is 18.6 Å². The molecule has 0 rings (SSSR count). The Morgan fingerprint density at radius 1 is 1.78 bits per heavy atom. The fraction of sp³-hybridized carbons (Fsp3) is 0.800. The van der Waals surface area contributed by atoms with Crippen LogP contribution in [0.3, 0.4) is 0 Å². The molecule has 1 radical (unpaired) electrons. The summed E-state index contributed by atoms with van der Waals surface area (Å²) in [7, 11) is 1.55. The van der Waals surface area contributed by atoms with Gasteiger partial charge in [-0.15, -0.1) is 0 Å². The van der Waals surface area contributed by atoms with Gasteiger partial charge in [-0.05, 0) is 6.92 Å². The first kappa shape index (κ1) is 8.23. The van der Waals surface area contributed by atoms with Crippen LogP contribution < -0.4 is 16.4 Å². The normalized spacial score (nSPS) is 12.3. The van der Waals surface area contributed by atoms with Gasteiger partial charge >= 0.3 is 6.03 Å². The molecule has 1 atom stereocenters. The molecule has 0 aromatic heterocycles. The minimum atomic E-state index is -0.227. The van der Waals surface area contributed by atoms with Crippen molar-refractivity contribution in [1.29, 1.82) is 0 Å². The van der Waals surface area contributed by atoms with Gasteiger partial charge in [0, 0.05) is 19.6 Å². The molecule has 0 saturated carbocycles. The lowest BCUT2D eigenvalue weighted by Crippen LogP contribution is -2.40. The molecule has 9 heavy (non-hydrogen) atoms. The Hall–Kier alpha value is -0.770. The molecule has 0 heterocycles. The van der Waals surface area contributed by atoms with Crippen molar-refractivity contribution in [2.24, 2.45) is 0 Å². The average molecular weight is 130 g/mol. The van der Waals surface area contributed by atoms with E-state index in [1.54, 1.807) is 14.0 Å². The molecular weight excluding hydrogens is 118 g/mol. The number of amides is 2. The van der Waals surface area contributed by atoms with Crippen LogP contribution in [0.1, 0.15) is 6.92 Å². The van der Waals surface area contributed by atoms with Gasteiger partial charge in [0.1, 0.15) is 0 Å². The Labute approximate surface area is 54.8 Å². The van der Waals surface area contributed by atoms with E-state index in [0.29, 0.717) is 0 Å². The Morgan fingerprint density at radius 2 is 2.33 bits per heavy atom. The van der Waals surface area contributed by atoms with Crippen molar-refractivity contribution < 1.29 is 4.79 Å². The first-order valence-corrected chi connectivity index (χ1v) is 2.83. The van der Waals surface area contributed by atoms with E-state index in [9.17, 15) is 4.79 Å². The Balaban J connectivity index is 3.34. The maximum absolute atomic E-state index is 10.5. The molecule has 4 nitrogen and oxygen atoms in total. The molecular formula is C5H12N3O. The predicted molar refractivity (Wildman–Crippen MR) is 35.0 cm³/mol. The standard InChI is InChI=1S/C5H12N3O/c1-4(3-6)8-5(9)7-2/h4,6H,3H2,1-2H3,(H2,7,8,9). The first-order valence-electron chi connectivity index (χ1n) is 2.83. The highest BCUT2D eigenvalue weighted by molar-refractivity contribution is 5.73. The lowest BCUT2D eigenvalue weighted by molar-refractivity contribution is 0.240. The van der Waals surface area contributed by atoms with E-state index in [2.05, 4.69) is 10.6 Å². The van der Waals surface area contributed by atoms with Gasteiger partial charge in [0.15, 0.2) is 0 Å². The van der Waals surface area contributed by atoms with Crippen molar-refractivity contribution in [1.82, 2.24) is 16.4 Å². The zero-order chi connectivity index (χ0) is 7.28. The van der Waals surface area contributed by atoms with Gasteiger partial charge < -0.3 is 10.6 Å². The topological polar surface area (TPSA) is 64.9 Å². The van der Waals surface area contributed by atoms with Crippen molar-refractivity contribution in [3.63, 3.8) is 0 Å². The van der Waals surface area contributed by atoms with Crippen LogP contribution in [0.2, 0.25) is 0 Å². The number of nitrogens with one attached hydrogen (secondary N) is 3. The number of carbonyl (C=O) groups excluding carboxylic acids is 1. The fourth-order valence-electron chi connectivity index (χ4n) is 0.347. The molecule has 0 aromatic carbocycles. The monoisotopic (exact) mass is 130 g/mol. The average Bonchev–Trinajstić information content (AvgIpc) is 1.87. The third-order valence-electron chi connectivity index (χ3n) is 0.911. The largest absolute Gasteiger partial charge is 0.341 e. The van der Waals surface area contributed by atoms with E-state index >= 15 is 0 Å². The van der Waals surface area contributed by atoms with Gasteiger partial charge in [0.2, 0.25) is 0 Å². The van der Waals surface area contributed by atoms with Crippen LogP contribution in [0, 0.1) is 0 Å². The third-order valence-corrected chi connectivity index (χ3v) is 0.911. The molecule has 2 amide bonds. The van der Waals surface area contributed by atoms with E-state index in [1.807, 2.05) is 0 Å². The van der Waals surface area contributed by atoms with Crippen molar-refractivity contribution in [2.45, 2.75) is 13.0 Å². The molecule has 3 N–H and O–H groups in total. The SMILES string of the molecule is CNC(=O)NC(C)C[NH]. The molecule has 0 fully saturated rings. The maximum Gasteiger partial charge on any atom is 0.314 e. The fourth-order valence-corrected chi connectivity index (χ4v) is 0.347. The van der Waals surface area contributed by atoms with Gasteiger partial charge in [-0.25, -0.2) is 4.79 Å². The van der Waals surface area contributed by atoms with Crippen molar-refractivity contribution in [2.75, 3.05) is 13.6 Å². The summed E-state index contributed by atoms with van der Waals surface area (Å²) in [6.07, 6.45) is 0. The summed E-state index contributed by atoms with van der Waals surface area (Å²) in [6, 6.07) is -0.292. The van der Waals surface area contributed by atoms with Crippen molar-refractivity contribution >= 4 is 6.03 Å². The van der Waals surface area contributed by atoms with Gasteiger partial charge in [-0.3, -0.25) is 5.73 Å². The summed E-state index contributed by atoms with van der Waals surface area (Å²) in [6.45, 7) is 2.00. The smallest absolute Gasteiger partial charge is 0.314 e. The summed E-state index contributed by atoms with van der Waals surface area (Å²) < 4.78 is 0. The van der Waals surface area contributed by atoms with Crippen molar-refractivity contribution in [3.8, 4) is 0 Å². The quantitative estimate of drug-likeness (QED) is 0.524. The lowest BCUT2D eigenvalue weighted by Gasteiger charge is -2.08. The predicted octanol–water partition coefficient (Wildman–Crippen LogP) is -0.413. The second-order valence-corrected chi connectivity index (χ2v) is 1.83.